The van der Waals surface area contributed by atoms with Crippen molar-refractivity contribution in [2.24, 2.45) is 11.8 Å². The molecule has 0 spiro atoms. The molecule has 1 atom stereocenters. The molecular weight excluding hydrogens is 358 g/mol. The maximum absolute atomic E-state index is 13.1. The fraction of sp³-hybridized carbons (Fsp3) is 0.750. The summed E-state index contributed by atoms with van der Waals surface area (Å²) in [5.74, 6) is 0.661. The second kappa shape index (κ2) is 9.91. The third-order valence-electron chi connectivity index (χ3n) is 5.17. The lowest BCUT2D eigenvalue weighted by atomic mass is 10.0. The SMILES string of the molecule is CCCCN(C(=O)CN1CCCC(C)C1)c1c(N)n(CC(C)C)c(=O)[nH]c1=O. The number of nitrogens with one attached hydrogen (secondary N) is 1. The zero-order chi connectivity index (χ0) is 20.8. The first kappa shape index (κ1) is 22.2. The highest BCUT2D eigenvalue weighted by Crippen LogP contribution is 2.20. The van der Waals surface area contributed by atoms with E-state index < -0.39 is 11.2 Å². The van der Waals surface area contributed by atoms with Gasteiger partial charge in [0.1, 0.15) is 5.82 Å². The maximum Gasteiger partial charge on any atom is 0.330 e. The van der Waals surface area contributed by atoms with Crippen molar-refractivity contribution >= 4 is 17.4 Å². The van der Waals surface area contributed by atoms with Gasteiger partial charge in [0, 0.05) is 19.6 Å². The molecule has 158 valence electrons. The number of piperidine rings is 1. The van der Waals surface area contributed by atoms with E-state index in [9.17, 15) is 14.4 Å². The molecule has 3 N–H and O–H groups in total. The molecule has 1 amide bonds. The Morgan fingerprint density at radius 2 is 2.07 bits per heavy atom. The minimum atomic E-state index is -0.598. The Kier molecular flexibility index (Phi) is 7.86. The lowest BCUT2D eigenvalue weighted by Gasteiger charge is -2.32. The normalized spacial score (nSPS) is 17.8. The average molecular weight is 394 g/mol. The molecule has 1 aromatic heterocycles. The molecule has 1 saturated heterocycles. The summed E-state index contributed by atoms with van der Waals surface area (Å²) in [5, 5.41) is 0. The van der Waals surface area contributed by atoms with Crippen LogP contribution in [-0.2, 0) is 11.3 Å². The van der Waals surface area contributed by atoms with Gasteiger partial charge >= 0.3 is 5.69 Å². The minimum Gasteiger partial charge on any atom is -0.383 e. The van der Waals surface area contributed by atoms with E-state index >= 15 is 0 Å². The summed E-state index contributed by atoms with van der Waals surface area (Å²) >= 11 is 0. The molecule has 1 aliphatic rings. The first-order valence-corrected chi connectivity index (χ1v) is 10.4. The number of H-pyrrole nitrogens is 1. The Labute approximate surface area is 166 Å². The Hall–Kier alpha value is -2.09. The van der Waals surface area contributed by atoms with Gasteiger partial charge in [0.2, 0.25) is 5.91 Å². The number of aromatic nitrogens is 2. The number of aromatic amines is 1. The number of carbonyl (C=O) groups is 1. The van der Waals surface area contributed by atoms with Gasteiger partial charge in [-0.2, -0.15) is 0 Å². The van der Waals surface area contributed by atoms with Gasteiger partial charge in [0.25, 0.3) is 5.56 Å². The Morgan fingerprint density at radius 3 is 2.68 bits per heavy atom. The van der Waals surface area contributed by atoms with Crippen molar-refractivity contribution in [3.63, 3.8) is 0 Å². The number of amides is 1. The number of nitrogens with zero attached hydrogens (tertiary/aromatic N) is 3. The van der Waals surface area contributed by atoms with Crippen LogP contribution >= 0.6 is 0 Å². The van der Waals surface area contributed by atoms with E-state index in [-0.39, 0.29) is 29.9 Å². The van der Waals surface area contributed by atoms with E-state index in [1.165, 1.54) is 15.9 Å². The van der Waals surface area contributed by atoms with Gasteiger partial charge in [0.05, 0.1) is 6.54 Å². The Balaban J connectivity index is 2.37. The number of hydrogen-bond donors (Lipinski definition) is 2. The third-order valence-corrected chi connectivity index (χ3v) is 5.17. The minimum absolute atomic E-state index is 0.0684. The Bertz CT molecular complexity index is 783. The van der Waals surface area contributed by atoms with Gasteiger partial charge in [-0.1, -0.05) is 34.1 Å². The largest absolute Gasteiger partial charge is 0.383 e. The second-order valence-corrected chi connectivity index (χ2v) is 8.38. The van der Waals surface area contributed by atoms with Crippen LogP contribution < -0.4 is 21.9 Å². The number of likely N-dealkylation sites (tertiary alicyclic amines) is 1. The molecule has 0 radical (unpaired) electrons. The molecule has 8 heteroatoms. The number of anilines is 2. The van der Waals surface area contributed by atoms with Crippen LogP contribution in [0.1, 0.15) is 53.4 Å². The summed E-state index contributed by atoms with van der Waals surface area (Å²) in [5.41, 5.74) is 5.20. The van der Waals surface area contributed by atoms with Crippen molar-refractivity contribution < 1.29 is 4.79 Å². The smallest absolute Gasteiger partial charge is 0.330 e. The molecule has 1 fully saturated rings. The molecule has 0 saturated carbocycles. The van der Waals surface area contributed by atoms with Crippen molar-refractivity contribution in [1.82, 2.24) is 14.5 Å². The number of unbranched alkanes of at least 4 members (excludes halogenated alkanes) is 1. The van der Waals surface area contributed by atoms with Crippen molar-refractivity contribution in [2.45, 2.75) is 59.9 Å². The van der Waals surface area contributed by atoms with Gasteiger partial charge in [-0.05, 0) is 37.6 Å². The zero-order valence-corrected chi connectivity index (χ0v) is 17.7. The van der Waals surface area contributed by atoms with E-state index in [4.69, 9.17) is 5.73 Å². The van der Waals surface area contributed by atoms with Crippen molar-refractivity contribution in [2.75, 3.05) is 36.8 Å². The van der Waals surface area contributed by atoms with Crippen LogP contribution in [0.25, 0.3) is 0 Å². The molecular formula is C20H35N5O3. The van der Waals surface area contributed by atoms with Crippen molar-refractivity contribution in [3.05, 3.63) is 20.8 Å². The van der Waals surface area contributed by atoms with Gasteiger partial charge in [0.15, 0.2) is 5.69 Å². The van der Waals surface area contributed by atoms with Crippen LogP contribution in [0.5, 0.6) is 0 Å². The van der Waals surface area contributed by atoms with Crippen LogP contribution in [0, 0.1) is 11.8 Å². The quantitative estimate of drug-likeness (QED) is 0.699. The lowest BCUT2D eigenvalue weighted by molar-refractivity contribution is -0.120. The molecule has 2 heterocycles. The van der Waals surface area contributed by atoms with Crippen LogP contribution in [0.4, 0.5) is 11.5 Å². The van der Waals surface area contributed by atoms with Crippen LogP contribution in [-0.4, -0.2) is 46.5 Å². The van der Waals surface area contributed by atoms with Gasteiger partial charge < -0.3 is 10.6 Å². The van der Waals surface area contributed by atoms with E-state index in [1.54, 1.807) is 0 Å². The van der Waals surface area contributed by atoms with E-state index in [0.717, 1.165) is 32.4 Å². The average Bonchev–Trinajstić information content (AvgIpc) is 2.61. The molecule has 2 rings (SSSR count). The maximum atomic E-state index is 13.1. The van der Waals surface area contributed by atoms with Gasteiger partial charge in [-0.3, -0.25) is 24.0 Å². The molecule has 28 heavy (non-hydrogen) atoms. The first-order valence-electron chi connectivity index (χ1n) is 10.4. The second-order valence-electron chi connectivity index (χ2n) is 8.38. The van der Waals surface area contributed by atoms with E-state index in [0.29, 0.717) is 19.0 Å². The van der Waals surface area contributed by atoms with Crippen LogP contribution in [0.2, 0.25) is 0 Å². The van der Waals surface area contributed by atoms with Crippen LogP contribution in [0.15, 0.2) is 9.59 Å². The van der Waals surface area contributed by atoms with Crippen LogP contribution in [0.3, 0.4) is 0 Å². The fourth-order valence-electron chi connectivity index (χ4n) is 3.77. The van der Waals surface area contributed by atoms with E-state index in [1.807, 2.05) is 20.8 Å². The summed E-state index contributed by atoms with van der Waals surface area (Å²) in [6.45, 7) is 11.0. The number of carbonyl (C=O) groups excluding carboxylic acids is 1. The van der Waals surface area contributed by atoms with E-state index in [2.05, 4.69) is 16.8 Å². The standard InChI is InChI=1S/C20H35N5O3/c1-5-6-10-24(16(26)13-23-9-7-8-15(4)12-23)17-18(21)25(11-14(2)3)20(28)22-19(17)27/h14-15H,5-13,21H2,1-4H3,(H,22,27,28). The molecule has 0 bridgehead atoms. The summed E-state index contributed by atoms with van der Waals surface area (Å²) in [6, 6.07) is 0. The fourth-order valence-corrected chi connectivity index (χ4v) is 3.77. The lowest BCUT2D eigenvalue weighted by Crippen LogP contribution is -2.47. The summed E-state index contributed by atoms with van der Waals surface area (Å²) in [7, 11) is 0. The van der Waals surface area contributed by atoms with Crippen molar-refractivity contribution in [3.8, 4) is 0 Å². The highest BCUT2D eigenvalue weighted by atomic mass is 16.2. The van der Waals surface area contributed by atoms with Crippen molar-refractivity contribution in [1.29, 1.82) is 0 Å². The summed E-state index contributed by atoms with van der Waals surface area (Å²) in [6.07, 6.45) is 3.89. The number of nitrogens with two attached hydrogens (primary N) is 1. The predicted molar refractivity (Wildman–Crippen MR) is 113 cm³/mol. The first-order chi connectivity index (χ1) is 13.2. The molecule has 1 aromatic rings. The molecule has 8 nitrogen and oxygen atoms in total. The van der Waals surface area contributed by atoms with Gasteiger partial charge in [-0.15, -0.1) is 0 Å². The zero-order valence-electron chi connectivity index (χ0n) is 17.7. The highest BCUT2D eigenvalue weighted by Gasteiger charge is 2.27. The third kappa shape index (κ3) is 5.47. The number of nitrogen functional groups attached to an aromatic ring is 1. The molecule has 1 unspecified atom stereocenters. The molecule has 0 aliphatic carbocycles. The Morgan fingerprint density at radius 1 is 1.36 bits per heavy atom. The summed E-state index contributed by atoms with van der Waals surface area (Å²) in [4.78, 5) is 43.9. The van der Waals surface area contributed by atoms with Gasteiger partial charge in [-0.25, -0.2) is 4.79 Å². The predicted octanol–water partition coefficient (Wildman–Crippen LogP) is 1.64. The number of rotatable bonds is 8. The summed E-state index contributed by atoms with van der Waals surface area (Å²) < 4.78 is 1.36. The molecule has 0 aromatic carbocycles. The number of hydrogen-bond acceptors (Lipinski definition) is 5. The topological polar surface area (TPSA) is 104 Å². The molecule has 1 aliphatic heterocycles. The highest BCUT2D eigenvalue weighted by molar-refractivity contribution is 5.96. The monoisotopic (exact) mass is 393 g/mol.